The average molecular weight is 203 g/mol. The molecule has 1 aromatic carbocycles. The number of fused-ring (bicyclic) bond motifs is 1. The summed E-state index contributed by atoms with van der Waals surface area (Å²) in [6.07, 6.45) is 3.96. The van der Waals surface area contributed by atoms with Gasteiger partial charge in [-0.2, -0.15) is 0 Å². The molecular weight excluding hydrogens is 186 g/mol. The van der Waals surface area contributed by atoms with Crippen molar-refractivity contribution in [2.75, 3.05) is 0 Å². The summed E-state index contributed by atoms with van der Waals surface area (Å²) in [5.41, 5.74) is 2.70. The molecule has 1 aliphatic carbocycles. The van der Waals surface area contributed by atoms with Crippen molar-refractivity contribution in [1.29, 1.82) is 0 Å². The molecular formula is C13H17NO. The fourth-order valence-electron chi connectivity index (χ4n) is 2.20. The van der Waals surface area contributed by atoms with Crippen LogP contribution in [0.2, 0.25) is 0 Å². The van der Waals surface area contributed by atoms with Crippen molar-refractivity contribution in [3.05, 3.63) is 35.4 Å². The lowest BCUT2D eigenvalue weighted by atomic mass is 9.88. The summed E-state index contributed by atoms with van der Waals surface area (Å²) in [4.78, 5) is 11.4. The summed E-state index contributed by atoms with van der Waals surface area (Å²) in [5, 5.41) is 3.09. The molecule has 2 nitrogen and oxygen atoms in total. The average Bonchev–Trinajstić information content (AvgIpc) is 2.29. The van der Waals surface area contributed by atoms with Crippen molar-refractivity contribution in [1.82, 2.24) is 5.32 Å². The second kappa shape index (κ2) is 4.47. The van der Waals surface area contributed by atoms with Crippen LogP contribution in [0.15, 0.2) is 24.3 Å². The zero-order valence-corrected chi connectivity index (χ0v) is 9.12. The second-order valence-electron chi connectivity index (χ2n) is 4.06. The Balaban J connectivity index is 2.18. The van der Waals surface area contributed by atoms with Gasteiger partial charge in [0.1, 0.15) is 0 Å². The van der Waals surface area contributed by atoms with Gasteiger partial charge >= 0.3 is 0 Å². The molecule has 2 heteroatoms. The Morgan fingerprint density at radius 3 is 3.07 bits per heavy atom. The van der Waals surface area contributed by atoms with Crippen LogP contribution in [0.3, 0.4) is 0 Å². The van der Waals surface area contributed by atoms with Crippen molar-refractivity contribution >= 4 is 5.91 Å². The Labute approximate surface area is 90.7 Å². The van der Waals surface area contributed by atoms with Crippen molar-refractivity contribution in [2.45, 2.75) is 38.6 Å². The Bertz CT molecular complexity index is 359. The van der Waals surface area contributed by atoms with Crippen molar-refractivity contribution in [3.63, 3.8) is 0 Å². The molecule has 0 fully saturated rings. The summed E-state index contributed by atoms with van der Waals surface area (Å²) in [6.45, 7) is 1.89. The number of amides is 1. The molecule has 0 saturated carbocycles. The van der Waals surface area contributed by atoms with Gasteiger partial charge in [0.15, 0.2) is 0 Å². The summed E-state index contributed by atoms with van der Waals surface area (Å²) >= 11 is 0. The summed E-state index contributed by atoms with van der Waals surface area (Å²) in [6, 6.07) is 8.66. The van der Waals surface area contributed by atoms with Gasteiger partial charge in [-0.25, -0.2) is 0 Å². The topological polar surface area (TPSA) is 29.1 Å². The standard InChI is InChI=1S/C13H17NO/c1-2-13(15)14-12-9-5-7-10-6-3-4-8-11(10)12/h3-4,6,8,12H,2,5,7,9H2,1H3,(H,14,15)/t12-/m0/s1. The van der Waals surface area contributed by atoms with E-state index in [1.807, 2.05) is 6.92 Å². The van der Waals surface area contributed by atoms with Gasteiger partial charge in [-0.3, -0.25) is 4.79 Å². The normalized spacial score (nSPS) is 19.4. The Morgan fingerprint density at radius 2 is 2.27 bits per heavy atom. The largest absolute Gasteiger partial charge is 0.349 e. The number of nitrogens with one attached hydrogen (secondary N) is 1. The van der Waals surface area contributed by atoms with Crippen LogP contribution in [-0.2, 0) is 11.2 Å². The zero-order valence-electron chi connectivity index (χ0n) is 9.12. The van der Waals surface area contributed by atoms with Crippen molar-refractivity contribution < 1.29 is 4.79 Å². The van der Waals surface area contributed by atoms with Crippen LogP contribution in [0, 0.1) is 0 Å². The summed E-state index contributed by atoms with van der Waals surface area (Å²) in [5.74, 6) is 0.150. The Morgan fingerprint density at radius 1 is 1.47 bits per heavy atom. The van der Waals surface area contributed by atoms with E-state index in [1.54, 1.807) is 0 Å². The first-order valence-corrected chi connectivity index (χ1v) is 5.68. The maximum atomic E-state index is 11.4. The number of aryl methyl sites for hydroxylation is 1. The first-order chi connectivity index (χ1) is 7.31. The van der Waals surface area contributed by atoms with Crippen molar-refractivity contribution in [3.8, 4) is 0 Å². The van der Waals surface area contributed by atoms with Gasteiger partial charge < -0.3 is 5.32 Å². The minimum Gasteiger partial charge on any atom is -0.349 e. The number of hydrogen-bond acceptors (Lipinski definition) is 1. The quantitative estimate of drug-likeness (QED) is 0.786. The molecule has 1 N–H and O–H groups in total. The maximum Gasteiger partial charge on any atom is 0.220 e. The number of hydrogen-bond donors (Lipinski definition) is 1. The van der Waals surface area contributed by atoms with Crippen LogP contribution < -0.4 is 5.32 Å². The second-order valence-corrected chi connectivity index (χ2v) is 4.06. The van der Waals surface area contributed by atoms with E-state index in [4.69, 9.17) is 0 Å². The van der Waals surface area contributed by atoms with Gasteiger partial charge in [-0.15, -0.1) is 0 Å². The molecule has 0 radical (unpaired) electrons. The maximum absolute atomic E-state index is 11.4. The summed E-state index contributed by atoms with van der Waals surface area (Å²) in [7, 11) is 0. The molecule has 0 spiro atoms. The smallest absolute Gasteiger partial charge is 0.220 e. The Hall–Kier alpha value is -1.31. The first-order valence-electron chi connectivity index (χ1n) is 5.68. The highest BCUT2D eigenvalue weighted by Crippen LogP contribution is 2.29. The molecule has 1 aliphatic rings. The van der Waals surface area contributed by atoms with Crippen LogP contribution in [0.4, 0.5) is 0 Å². The minimum absolute atomic E-state index is 0.150. The molecule has 80 valence electrons. The molecule has 0 aromatic heterocycles. The molecule has 0 unspecified atom stereocenters. The van der Waals surface area contributed by atoms with Gasteiger partial charge in [0.2, 0.25) is 5.91 Å². The molecule has 1 atom stereocenters. The zero-order chi connectivity index (χ0) is 10.7. The van der Waals surface area contributed by atoms with E-state index in [1.165, 1.54) is 17.5 Å². The highest BCUT2D eigenvalue weighted by atomic mass is 16.1. The number of rotatable bonds is 2. The third-order valence-electron chi connectivity index (χ3n) is 3.03. The van der Waals surface area contributed by atoms with Gasteiger partial charge in [-0.05, 0) is 30.4 Å². The molecule has 0 aliphatic heterocycles. The molecule has 15 heavy (non-hydrogen) atoms. The molecule has 0 saturated heterocycles. The molecule has 2 rings (SSSR count). The monoisotopic (exact) mass is 203 g/mol. The van der Waals surface area contributed by atoms with Gasteiger partial charge in [-0.1, -0.05) is 31.2 Å². The van der Waals surface area contributed by atoms with E-state index >= 15 is 0 Å². The molecule has 1 amide bonds. The Kier molecular flexibility index (Phi) is 3.05. The highest BCUT2D eigenvalue weighted by Gasteiger charge is 2.20. The lowest BCUT2D eigenvalue weighted by molar-refractivity contribution is -0.121. The lowest BCUT2D eigenvalue weighted by Gasteiger charge is -2.26. The fraction of sp³-hybridized carbons (Fsp3) is 0.462. The molecule has 0 bridgehead atoms. The number of carbonyl (C=O) groups is 1. The highest BCUT2D eigenvalue weighted by molar-refractivity contribution is 5.76. The van der Waals surface area contributed by atoms with E-state index in [2.05, 4.69) is 29.6 Å². The number of carbonyl (C=O) groups excluding carboxylic acids is 1. The van der Waals surface area contributed by atoms with E-state index in [9.17, 15) is 4.79 Å². The van der Waals surface area contributed by atoms with E-state index < -0.39 is 0 Å². The van der Waals surface area contributed by atoms with E-state index in [-0.39, 0.29) is 11.9 Å². The van der Waals surface area contributed by atoms with E-state index in [0.717, 1.165) is 12.8 Å². The predicted octanol–water partition coefficient (Wildman–Crippen LogP) is 2.59. The van der Waals surface area contributed by atoms with Crippen molar-refractivity contribution in [2.24, 2.45) is 0 Å². The predicted molar refractivity (Wildman–Crippen MR) is 60.6 cm³/mol. The first kappa shape index (κ1) is 10.2. The molecule has 1 aromatic rings. The molecule has 0 heterocycles. The van der Waals surface area contributed by atoms with Gasteiger partial charge in [0.25, 0.3) is 0 Å². The van der Waals surface area contributed by atoms with E-state index in [0.29, 0.717) is 6.42 Å². The van der Waals surface area contributed by atoms with Crippen LogP contribution >= 0.6 is 0 Å². The van der Waals surface area contributed by atoms with Crippen LogP contribution in [0.25, 0.3) is 0 Å². The van der Waals surface area contributed by atoms with Gasteiger partial charge in [0.05, 0.1) is 6.04 Å². The number of benzene rings is 1. The third-order valence-corrected chi connectivity index (χ3v) is 3.03. The fourth-order valence-corrected chi connectivity index (χ4v) is 2.20. The minimum atomic E-state index is 0.150. The van der Waals surface area contributed by atoms with Crippen LogP contribution in [-0.4, -0.2) is 5.91 Å². The SMILES string of the molecule is CCC(=O)N[C@H]1CCCc2ccccc21. The van der Waals surface area contributed by atoms with Crippen LogP contribution in [0.5, 0.6) is 0 Å². The lowest BCUT2D eigenvalue weighted by Crippen LogP contribution is -2.30. The van der Waals surface area contributed by atoms with Crippen LogP contribution in [0.1, 0.15) is 43.4 Å². The van der Waals surface area contributed by atoms with Gasteiger partial charge in [0, 0.05) is 6.42 Å². The third kappa shape index (κ3) is 2.20. The summed E-state index contributed by atoms with van der Waals surface area (Å²) < 4.78 is 0.